The van der Waals surface area contributed by atoms with Crippen LogP contribution in [0.4, 0.5) is 11.8 Å². The molecule has 0 bridgehead atoms. The SMILES string of the molecule is CCc1ccc(Oc2ccc(-c3nc(N)nc(N)c3C#N)cc2)cc1. The molecule has 1 heterocycles. The number of nitrogens with zero attached hydrogens (tertiary/aromatic N) is 3. The van der Waals surface area contributed by atoms with Gasteiger partial charge >= 0.3 is 0 Å². The summed E-state index contributed by atoms with van der Waals surface area (Å²) in [7, 11) is 0. The Morgan fingerprint density at radius 3 is 2.12 bits per heavy atom. The molecule has 3 aromatic rings. The standard InChI is InChI=1S/C19H17N5O/c1-2-12-3-7-14(8-4-12)25-15-9-5-13(6-10-15)17-16(11-20)18(21)24-19(22)23-17/h3-10H,2H2,1H3,(H4,21,22,23,24). The van der Waals surface area contributed by atoms with Gasteiger partial charge in [0.15, 0.2) is 0 Å². The molecular formula is C19H17N5O. The fourth-order valence-electron chi connectivity index (χ4n) is 2.43. The Kier molecular flexibility index (Phi) is 4.48. The van der Waals surface area contributed by atoms with Gasteiger partial charge in [0.1, 0.15) is 28.9 Å². The summed E-state index contributed by atoms with van der Waals surface area (Å²) < 4.78 is 5.83. The summed E-state index contributed by atoms with van der Waals surface area (Å²) in [5, 5.41) is 9.27. The smallest absolute Gasteiger partial charge is 0.222 e. The van der Waals surface area contributed by atoms with Crippen molar-refractivity contribution in [1.29, 1.82) is 5.26 Å². The average Bonchev–Trinajstić information content (AvgIpc) is 2.62. The van der Waals surface area contributed by atoms with Crippen molar-refractivity contribution in [1.82, 2.24) is 9.97 Å². The molecule has 4 N–H and O–H groups in total. The maximum atomic E-state index is 9.27. The molecule has 0 atom stereocenters. The minimum atomic E-state index is 0.0304. The normalized spacial score (nSPS) is 10.2. The number of nitriles is 1. The van der Waals surface area contributed by atoms with Crippen molar-refractivity contribution in [2.45, 2.75) is 13.3 Å². The molecule has 6 heteroatoms. The van der Waals surface area contributed by atoms with Crippen molar-refractivity contribution >= 4 is 11.8 Å². The number of hydrogen-bond donors (Lipinski definition) is 2. The van der Waals surface area contributed by atoms with Crippen LogP contribution in [0.3, 0.4) is 0 Å². The molecule has 0 saturated carbocycles. The molecule has 6 nitrogen and oxygen atoms in total. The van der Waals surface area contributed by atoms with E-state index in [2.05, 4.69) is 16.9 Å². The lowest BCUT2D eigenvalue weighted by Gasteiger charge is -2.09. The fraction of sp³-hybridized carbons (Fsp3) is 0.105. The van der Waals surface area contributed by atoms with E-state index in [4.69, 9.17) is 16.2 Å². The third-order valence-corrected chi connectivity index (χ3v) is 3.76. The highest BCUT2D eigenvalue weighted by atomic mass is 16.5. The van der Waals surface area contributed by atoms with E-state index in [1.807, 2.05) is 30.3 Å². The summed E-state index contributed by atoms with van der Waals surface area (Å²) in [6.45, 7) is 2.11. The minimum absolute atomic E-state index is 0.0304. The minimum Gasteiger partial charge on any atom is -0.457 e. The summed E-state index contributed by atoms with van der Waals surface area (Å²) >= 11 is 0. The van der Waals surface area contributed by atoms with Gasteiger partial charge in [0, 0.05) is 5.56 Å². The number of aryl methyl sites for hydroxylation is 1. The average molecular weight is 331 g/mol. The number of ether oxygens (including phenoxy) is 1. The Balaban J connectivity index is 1.86. The zero-order valence-electron chi connectivity index (χ0n) is 13.7. The topological polar surface area (TPSA) is 111 Å². The molecule has 1 aromatic heterocycles. The highest BCUT2D eigenvalue weighted by Crippen LogP contribution is 2.28. The Hall–Kier alpha value is -3.59. The van der Waals surface area contributed by atoms with E-state index in [0.29, 0.717) is 17.0 Å². The first-order chi connectivity index (χ1) is 12.1. The maximum absolute atomic E-state index is 9.27. The molecule has 3 rings (SSSR count). The monoisotopic (exact) mass is 331 g/mol. The quantitative estimate of drug-likeness (QED) is 0.756. The number of anilines is 2. The first-order valence-corrected chi connectivity index (χ1v) is 7.81. The molecule has 0 spiro atoms. The molecule has 2 aromatic carbocycles. The van der Waals surface area contributed by atoms with Crippen molar-refractivity contribution in [2.75, 3.05) is 11.5 Å². The zero-order chi connectivity index (χ0) is 17.8. The second-order valence-corrected chi connectivity index (χ2v) is 5.43. The van der Waals surface area contributed by atoms with Gasteiger partial charge in [-0.25, -0.2) is 4.98 Å². The van der Waals surface area contributed by atoms with E-state index < -0.39 is 0 Å². The van der Waals surface area contributed by atoms with E-state index in [-0.39, 0.29) is 17.3 Å². The molecule has 0 unspecified atom stereocenters. The highest BCUT2D eigenvalue weighted by Gasteiger charge is 2.13. The van der Waals surface area contributed by atoms with Crippen LogP contribution in [0.5, 0.6) is 11.5 Å². The van der Waals surface area contributed by atoms with Gasteiger partial charge in [-0.05, 0) is 48.4 Å². The van der Waals surface area contributed by atoms with Gasteiger partial charge in [0.25, 0.3) is 0 Å². The molecule has 0 aliphatic rings. The summed E-state index contributed by atoms with van der Waals surface area (Å²) in [5.74, 6) is 1.55. The Bertz CT molecular complexity index is 928. The lowest BCUT2D eigenvalue weighted by Crippen LogP contribution is -2.04. The van der Waals surface area contributed by atoms with Crippen LogP contribution in [0.15, 0.2) is 48.5 Å². The lowest BCUT2D eigenvalue weighted by atomic mass is 10.1. The molecule has 0 aliphatic heterocycles. The van der Waals surface area contributed by atoms with Crippen LogP contribution < -0.4 is 16.2 Å². The van der Waals surface area contributed by atoms with Gasteiger partial charge in [-0.15, -0.1) is 0 Å². The Labute approximate surface area is 145 Å². The fourth-order valence-corrected chi connectivity index (χ4v) is 2.43. The van der Waals surface area contributed by atoms with E-state index in [9.17, 15) is 5.26 Å². The number of nitrogen functional groups attached to an aromatic ring is 2. The third kappa shape index (κ3) is 3.51. The third-order valence-electron chi connectivity index (χ3n) is 3.76. The second kappa shape index (κ2) is 6.89. The van der Waals surface area contributed by atoms with Crippen LogP contribution in [0.2, 0.25) is 0 Å². The number of benzene rings is 2. The van der Waals surface area contributed by atoms with E-state index >= 15 is 0 Å². The maximum Gasteiger partial charge on any atom is 0.222 e. The van der Waals surface area contributed by atoms with Crippen molar-refractivity contribution < 1.29 is 4.74 Å². The van der Waals surface area contributed by atoms with Gasteiger partial charge in [0.2, 0.25) is 5.95 Å². The van der Waals surface area contributed by atoms with Crippen LogP contribution in [-0.2, 0) is 6.42 Å². The van der Waals surface area contributed by atoms with E-state index in [0.717, 1.165) is 12.2 Å². The summed E-state index contributed by atoms with van der Waals surface area (Å²) in [6, 6.07) is 17.2. The highest BCUT2D eigenvalue weighted by molar-refractivity contribution is 5.73. The first kappa shape index (κ1) is 16.3. The zero-order valence-corrected chi connectivity index (χ0v) is 13.7. The predicted molar refractivity (Wildman–Crippen MR) is 96.9 cm³/mol. The van der Waals surface area contributed by atoms with Gasteiger partial charge in [0.05, 0.1) is 5.69 Å². The summed E-state index contributed by atoms with van der Waals surface area (Å²) in [6.07, 6.45) is 0.987. The first-order valence-electron chi connectivity index (χ1n) is 7.81. The van der Waals surface area contributed by atoms with Crippen LogP contribution in [0.1, 0.15) is 18.1 Å². The Morgan fingerprint density at radius 2 is 1.56 bits per heavy atom. The van der Waals surface area contributed by atoms with Crippen molar-refractivity contribution in [3.05, 3.63) is 59.7 Å². The van der Waals surface area contributed by atoms with Gasteiger partial charge in [-0.1, -0.05) is 19.1 Å². The van der Waals surface area contributed by atoms with Crippen LogP contribution in [0.25, 0.3) is 11.3 Å². The molecular weight excluding hydrogens is 314 g/mol. The van der Waals surface area contributed by atoms with Crippen molar-refractivity contribution in [2.24, 2.45) is 0 Å². The molecule has 0 radical (unpaired) electrons. The van der Waals surface area contributed by atoms with Crippen LogP contribution in [0, 0.1) is 11.3 Å². The van der Waals surface area contributed by atoms with Gasteiger partial charge < -0.3 is 16.2 Å². The molecule has 0 fully saturated rings. The largest absolute Gasteiger partial charge is 0.457 e. The lowest BCUT2D eigenvalue weighted by molar-refractivity contribution is 0.482. The number of rotatable bonds is 4. The second-order valence-electron chi connectivity index (χ2n) is 5.43. The molecule has 0 amide bonds. The molecule has 124 valence electrons. The predicted octanol–water partition coefficient (Wildman–Crippen LogP) is 3.53. The summed E-state index contributed by atoms with van der Waals surface area (Å²) in [5.41, 5.74) is 14.0. The summed E-state index contributed by atoms with van der Waals surface area (Å²) in [4.78, 5) is 7.95. The van der Waals surface area contributed by atoms with Crippen LogP contribution in [-0.4, -0.2) is 9.97 Å². The van der Waals surface area contributed by atoms with E-state index in [1.54, 1.807) is 24.3 Å². The van der Waals surface area contributed by atoms with Crippen LogP contribution >= 0.6 is 0 Å². The van der Waals surface area contributed by atoms with Gasteiger partial charge in [-0.2, -0.15) is 10.2 Å². The molecule has 0 aliphatic carbocycles. The molecule has 0 saturated heterocycles. The number of aromatic nitrogens is 2. The molecule has 25 heavy (non-hydrogen) atoms. The van der Waals surface area contributed by atoms with Gasteiger partial charge in [-0.3, -0.25) is 0 Å². The van der Waals surface area contributed by atoms with Crippen molar-refractivity contribution in [3.8, 4) is 28.8 Å². The Morgan fingerprint density at radius 1 is 0.960 bits per heavy atom. The number of hydrogen-bond acceptors (Lipinski definition) is 6. The van der Waals surface area contributed by atoms with E-state index in [1.165, 1.54) is 5.56 Å². The number of nitrogens with two attached hydrogens (primary N) is 2. The van der Waals surface area contributed by atoms with Crippen molar-refractivity contribution in [3.63, 3.8) is 0 Å².